The number of fused-ring (bicyclic) bond motifs is 2. The van der Waals surface area contributed by atoms with Gasteiger partial charge in [0.1, 0.15) is 0 Å². The number of benzene rings is 2. The molecule has 1 unspecified atom stereocenters. The van der Waals surface area contributed by atoms with Crippen molar-refractivity contribution in [3.05, 3.63) is 53.0 Å². The van der Waals surface area contributed by atoms with Crippen LogP contribution in [0.15, 0.2) is 42.5 Å². The zero-order chi connectivity index (χ0) is 18.4. The summed E-state index contributed by atoms with van der Waals surface area (Å²) in [7, 11) is 0. The van der Waals surface area contributed by atoms with Crippen LogP contribution in [0, 0.1) is 5.92 Å². The number of hydrogen-bond donors (Lipinski definition) is 1. The lowest BCUT2D eigenvalue weighted by Crippen LogP contribution is -2.28. The molecule has 1 aliphatic heterocycles. The average molecular weight is 377 g/mol. The molecule has 0 radical (unpaired) electrons. The first kappa shape index (κ1) is 16.4. The minimum Gasteiger partial charge on any atom is -0.311 e. The molecule has 0 saturated carbocycles. The molecule has 1 saturated heterocycles. The molecule has 2 aromatic carbocycles. The zero-order valence-electron chi connectivity index (χ0n) is 14.8. The van der Waals surface area contributed by atoms with Gasteiger partial charge in [-0.25, -0.2) is 4.98 Å². The van der Waals surface area contributed by atoms with E-state index in [4.69, 9.17) is 0 Å². The number of anilines is 2. The molecule has 1 atom stereocenters. The SMILES string of the molecule is O=C(Nc1nc2c(s1)CCC2)C1CC(=O)N(c2cccc3ccccc23)C1. The van der Waals surface area contributed by atoms with E-state index in [9.17, 15) is 9.59 Å². The minimum atomic E-state index is -0.352. The van der Waals surface area contributed by atoms with Crippen molar-refractivity contribution in [2.24, 2.45) is 5.92 Å². The highest BCUT2D eigenvalue weighted by atomic mass is 32.1. The predicted molar refractivity (Wildman–Crippen MR) is 107 cm³/mol. The van der Waals surface area contributed by atoms with Gasteiger partial charge in [0.05, 0.1) is 17.3 Å². The van der Waals surface area contributed by atoms with E-state index in [-0.39, 0.29) is 24.2 Å². The fourth-order valence-electron chi connectivity index (χ4n) is 4.01. The van der Waals surface area contributed by atoms with Crippen LogP contribution >= 0.6 is 11.3 Å². The third-order valence-corrected chi connectivity index (χ3v) is 6.45. The van der Waals surface area contributed by atoms with Gasteiger partial charge < -0.3 is 10.2 Å². The Bertz CT molecular complexity index is 1030. The second-order valence-corrected chi connectivity index (χ2v) is 8.22. The first-order chi connectivity index (χ1) is 13.2. The number of hydrogen-bond acceptors (Lipinski definition) is 4. The molecule has 2 heterocycles. The maximum absolute atomic E-state index is 12.7. The van der Waals surface area contributed by atoms with Crippen molar-refractivity contribution in [3.63, 3.8) is 0 Å². The molecule has 0 bridgehead atoms. The summed E-state index contributed by atoms with van der Waals surface area (Å²) in [6.45, 7) is 0.407. The van der Waals surface area contributed by atoms with E-state index in [0.717, 1.165) is 41.4 Å². The topological polar surface area (TPSA) is 62.3 Å². The normalized spacial score (nSPS) is 18.9. The van der Waals surface area contributed by atoms with Crippen LogP contribution < -0.4 is 10.2 Å². The number of nitrogens with one attached hydrogen (secondary N) is 1. The van der Waals surface area contributed by atoms with Crippen molar-refractivity contribution in [2.45, 2.75) is 25.7 Å². The number of nitrogens with zero attached hydrogens (tertiary/aromatic N) is 2. The molecule has 1 fully saturated rings. The average Bonchev–Trinajstić information content (AvgIpc) is 3.36. The molecule has 27 heavy (non-hydrogen) atoms. The summed E-state index contributed by atoms with van der Waals surface area (Å²) in [5.74, 6) is -0.471. The van der Waals surface area contributed by atoms with Crippen molar-refractivity contribution < 1.29 is 9.59 Å². The van der Waals surface area contributed by atoms with E-state index in [1.54, 1.807) is 16.2 Å². The molecule has 136 valence electrons. The van der Waals surface area contributed by atoms with E-state index in [2.05, 4.69) is 10.3 Å². The van der Waals surface area contributed by atoms with Gasteiger partial charge in [-0.05, 0) is 30.7 Å². The third-order valence-electron chi connectivity index (χ3n) is 5.38. The first-order valence-corrected chi connectivity index (χ1v) is 10.1. The number of aryl methyl sites for hydroxylation is 2. The van der Waals surface area contributed by atoms with Crippen LogP contribution in [-0.2, 0) is 22.4 Å². The Kier molecular flexibility index (Phi) is 3.93. The molecule has 5 nitrogen and oxygen atoms in total. The van der Waals surface area contributed by atoms with Crippen molar-refractivity contribution in [1.29, 1.82) is 0 Å². The smallest absolute Gasteiger partial charge is 0.231 e. The molecular formula is C21H19N3O2S. The fraction of sp³-hybridized carbons (Fsp3) is 0.286. The van der Waals surface area contributed by atoms with Crippen LogP contribution in [0.1, 0.15) is 23.4 Å². The van der Waals surface area contributed by atoms with E-state index in [1.807, 2.05) is 42.5 Å². The van der Waals surface area contributed by atoms with Crippen LogP contribution in [0.2, 0.25) is 0 Å². The van der Waals surface area contributed by atoms with Crippen LogP contribution in [-0.4, -0.2) is 23.3 Å². The lowest BCUT2D eigenvalue weighted by Gasteiger charge is -2.18. The third kappa shape index (κ3) is 2.90. The van der Waals surface area contributed by atoms with Crippen molar-refractivity contribution >= 4 is 44.7 Å². The minimum absolute atomic E-state index is 0.00636. The van der Waals surface area contributed by atoms with Gasteiger partial charge in [-0.3, -0.25) is 9.59 Å². The number of carbonyl (C=O) groups is 2. The van der Waals surface area contributed by atoms with Gasteiger partial charge in [-0.2, -0.15) is 0 Å². The van der Waals surface area contributed by atoms with Crippen LogP contribution in [0.3, 0.4) is 0 Å². The Hall–Kier alpha value is -2.73. The molecule has 5 rings (SSSR count). The molecule has 2 aliphatic rings. The Morgan fingerprint density at radius 2 is 2.00 bits per heavy atom. The lowest BCUT2D eigenvalue weighted by molar-refractivity contribution is -0.122. The fourth-order valence-corrected chi connectivity index (χ4v) is 5.06. The maximum atomic E-state index is 12.7. The van der Waals surface area contributed by atoms with E-state index in [0.29, 0.717) is 11.7 Å². The van der Waals surface area contributed by atoms with Gasteiger partial charge in [0.15, 0.2) is 5.13 Å². The number of aromatic nitrogens is 1. The van der Waals surface area contributed by atoms with Crippen LogP contribution in [0.4, 0.5) is 10.8 Å². The molecule has 1 N–H and O–H groups in total. The van der Waals surface area contributed by atoms with Gasteiger partial charge in [0.2, 0.25) is 11.8 Å². The Labute approximate surface area is 161 Å². The molecule has 3 aromatic rings. The van der Waals surface area contributed by atoms with Crippen molar-refractivity contribution in [1.82, 2.24) is 4.98 Å². The number of rotatable bonds is 3. The molecule has 0 spiro atoms. The lowest BCUT2D eigenvalue weighted by atomic mass is 10.1. The second-order valence-electron chi connectivity index (χ2n) is 7.14. The van der Waals surface area contributed by atoms with E-state index in [1.165, 1.54) is 4.88 Å². The number of carbonyl (C=O) groups excluding carboxylic acids is 2. The Morgan fingerprint density at radius 1 is 1.15 bits per heavy atom. The summed E-state index contributed by atoms with van der Waals surface area (Å²) in [5.41, 5.74) is 2.00. The molecule has 1 aliphatic carbocycles. The summed E-state index contributed by atoms with van der Waals surface area (Å²) < 4.78 is 0. The van der Waals surface area contributed by atoms with Crippen LogP contribution in [0.25, 0.3) is 10.8 Å². The molecule has 1 aromatic heterocycles. The monoisotopic (exact) mass is 377 g/mol. The molecular weight excluding hydrogens is 358 g/mol. The Morgan fingerprint density at radius 3 is 2.89 bits per heavy atom. The van der Waals surface area contributed by atoms with Crippen molar-refractivity contribution in [2.75, 3.05) is 16.8 Å². The quantitative estimate of drug-likeness (QED) is 0.756. The number of amides is 2. The highest BCUT2D eigenvalue weighted by Crippen LogP contribution is 2.33. The summed E-state index contributed by atoms with van der Waals surface area (Å²) in [5, 5.41) is 5.72. The first-order valence-electron chi connectivity index (χ1n) is 9.26. The maximum Gasteiger partial charge on any atom is 0.231 e. The molecule has 6 heteroatoms. The van der Waals surface area contributed by atoms with Gasteiger partial charge in [-0.15, -0.1) is 11.3 Å². The summed E-state index contributed by atoms with van der Waals surface area (Å²) >= 11 is 1.57. The van der Waals surface area contributed by atoms with E-state index >= 15 is 0 Å². The number of thiazole rings is 1. The molecule has 2 amide bonds. The van der Waals surface area contributed by atoms with Gasteiger partial charge in [0.25, 0.3) is 0 Å². The zero-order valence-corrected chi connectivity index (χ0v) is 15.6. The summed E-state index contributed by atoms with van der Waals surface area (Å²) in [4.78, 5) is 32.9. The summed E-state index contributed by atoms with van der Waals surface area (Å²) in [6.07, 6.45) is 3.44. The highest BCUT2D eigenvalue weighted by Gasteiger charge is 2.36. The highest BCUT2D eigenvalue weighted by molar-refractivity contribution is 7.15. The van der Waals surface area contributed by atoms with E-state index < -0.39 is 0 Å². The predicted octanol–water partition coefficient (Wildman–Crippen LogP) is 3.78. The van der Waals surface area contributed by atoms with Gasteiger partial charge >= 0.3 is 0 Å². The van der Waals surface area contributed by atoms with Crippen LogP contribution in [0.5, 0.6) is 0 Å². The summed E-state index contributed by atoms with van der Waals surface area (Å²) in [6, 6.07) is 13.9. The largest absolute Gasteiger partial charge is 0.311 e. The van der Waals surface area contributed by atoms with Gasteiger partial charge in [0, 0.05) is 23.2 Å². The van der Waals surface area contributed by atoms with Gasteiger partial charge in [-0.1, -0.05) is 36.4 Å². The standard InChI is InChI=1S/C21H19N3O2S/c25-19-11-14(20(26)23-21-22-16-8-4-10-18(16)27-21)12-24(19)17-9-3-6-13-5-1-2-7-15(13)17/h1-3,5-7,9,14H,4,8,10-12H2,(H,22,23,26). The van der Waals surface area contributed by atoms with Crippen molar-refractivity contribution in [3.8, 4) is 0 Å². The Balaban J connectivity index is 1.35. The second kappa shape index (κ2) is 6.46.